The SMILES string of the molecule is CCC[C@@H](N)c1nc(C2CCS(=O)(=O)C2)no1. The molecule has 0 aliphatic carbocycles. The van der Waals surface area contributed by atoms with Crippen molar-refractivity contribution in [3.05, 3.63) is 11.7 Å². The molecule has 0 saturated carbocycles. The van der Waals surface area contributed by atoms with E-state index in [1.54, 1.807) is 0 Å². The summed E-state index contributed by atoms with van der Waals surface area (Å²) in [6.07, 6.45) is 2.30. The van der Waals surface area contributed by atoms with Crippen molar-refractivity contribution in [2.24, 2.45) is 5.73 Å². The molecule has 2 N–H and O–H groups in total. The quantitative estimate of drug-likeness (QED) is 0.857. The Bertz CT molecular complexity index is 483. The second kappa shape index (κ2) is 4.73. The Balaban J connectivity index is 2.09. The molecule has 1 unspecified atom stereocenters. The van der Waals surface area contributed by atoms with E-state index in [1.165, 1.54) is 0 Å². The molecule has 1 aliphatic rings. The van der Waals surface area contributed by atoms with Crippen LogP contribution in [-0.2, 0) is 9.84 Å². The van der Waals surface area contributed by atoms with Gasteiger partial charge in [0.25, 0.3) is 0 Å². The second-order valence-corrected chi connectivity index (χ2v) is 6.71. The third-order valence-electron chi connectivity index (χ3n) is 2.97. The number of hydrogen-bond donors (Lipinski definition) is 1. The van der Waals surface area contributed by atoms with Crippen LogP contribution in [0.4, 0.5) is 0 Å². The predicted molar refractivity (Wildman–Crippen MR) is 62.1 cm³/mol. The topological polar surface area (TPSA) is 99.1 Å². The smallest absolute Gasteiger partial charge is 0.243 e. The van der Waals surface area contributed by atoms with Gasteiger partial charge >= 0.3 is 0 Å². The standard InChI is InChI=1S/C10H17N3O3S/c1-2-3-8(11)10-12-9(13-16-10)7-4-5-17(14,15)6-7/h7-8H,2-6,11H2,1H3/t7?,8-/m1/s1. The summed E-state index contributed by atoms with van der Waals surface area (Å²) in [6.45, 7) is 2.03. The first-order valence-corrected chi connectivity index (χ1v) is 7.63. The monoisotopic (exact) mass is 259 g/mol. The summed E-state index contributed by atoms with van der Waals surface area (Å²) in [5, 5.41) is 3.84. The zero-order chi connectivity index (χ0) is 12.5. The normalized spacial score (nSPS) is 24.9. The van der Waals surface area contributed by atoms with Gasteiger partial charge in [0.2, 0.25) is 5.89 Å². The van der Waals surface area contributed by atoms with Crippen molar-refractivity contribution in [2.75, 3.05) is 11.5 Å². The van der Waals surface area contributed by atoms with Crippen LogP contribution in [0.2, 0.25) is 0 Å². The van der Waals surface area contributed by atoms with E-state index in [0.717, 1.165) is 12.8 Å². The van der Waals surface area contributed by atoms with E-state index in [-0.39, 0.29) is 23.5 Å². The summed E-state index contributed by atoms with van der Waals surface area (Å²) in [5.74, 6) is 1.09. The molecule has 0 bridgehead atoms. The van der Waals surface area contributed by atoms with Gasteiger partial charge in [0.05, 0.1) is 17.5 Å². The zero-order valence-electron chi connectivity index (χ0n) is 9.80. The van der Waals surface area contributed by atoms with Gasteiger partial charge in [0, 0.05) is 5.92 Å². The van der Waals surface area contributed by atoms with E-state index >= 15 is 0 Å². The lowest BCUT2D eigenvalue weighted by Gasteiger charge is -2.02. The lowest BCUT2D eigenvalue weighted by molar-refractivity contribution is 0.343. The van der Waals surface area contributed by atoms with Crippen molar-refractivity contribution in [1.29, 1.82) is 0 Å². The van der Waals surface area contributed by atoms with Crippen LogP contribution in [-0.4, -0.2) is 30.1 Å². The molecule has 2 heterocycles. The van der Waals surface area contributed by atoms with Crippen molar-refractivity contribution in [1.82, 2.24) is 10.1 Å². The minimum absolute atomic E-state index is 0.120. The molecule has 1 aromatic heterocycles. The molecule has 0 amide bonds. The summed E-state index contributed by atoms with van der Waals surface area (Å²) in [6, 6.07) is -0.251. The molecule has 7 heteroatoms. The Kier molecular flexibility index (Phi) is 3.48. The molecule has 0 aromatic carbocycles. The van der Waals surface area contributed by atoms with E-state index in [9.17, 15) is 8.42 Å². The predicted octanol–water partition coefficient (Wildman–Crippen LogP) is 0.772. The van der Waals surface area contributed by atoms with Gasteiger partial charge in [-0.1, -0.05) is 18.5 Å². The van der Waals surface area contributed by atoms with Crippen molar-refractivity contribution >= 4 is 9.84 Å². The van der Waals surface area contributed by atoms with Crippen LogP contribution in [0.15, 0.2) is 4.52 Å². The number of rotatable bonds is 4. The first kappa shape index (κ1) is 12.5. The number of nitrogens with zero attached hydrogens (tertiary/aromatic N) is 2. The molecule has 2 rings (SSSR count). The largest absolute Gasteiger partial charge is 0.338 e. The van der Waals surface area contributed by atoms with Crippen LogP contribution in [0.5, 0.6) is 0 Å². The number of sulfone groups is 1. The van der Waals surface area contributed by atoms with Gasteiger partial charge in [-0.3, -0.25) is 0 Å². The van der Waals surface area contributed by atoms with Crippen molar-refractivity contribution in [3.8, 4) is 0 Å². The third-order valence-corrected chi connectivity index (χ3v) is 4.74. The first-order valence-electron chi connectivity index (χ1n) is 5.81. The summed E-state index contributed by atoms with van der Waals surface area (Å²) < 4.78 is 27.8. The van der Waals surface area contributed by atoms with E-state index in [2.05, 4.69) is 10.1 Å². The molecular weight excluding hydrogens is 242 g/mol. The number of hydrogen-bond acceptors (Lipinski definition) is 6. The molecule has 0 radical (unpaired) electrons. The molecule has 1 aromatic rings. The molecule has 1 saturated heterocycles. The van der Waals surface area contributed by atoms with Crippen LogP contribution in [0.1, 0.15) is 49.9 Å². The minimum Gasteiger partial charge on any atom is -0.338 e. The molecular formula is C10H17N3O3S. The maximum Gasteiger partial charge on any atom is 0.243 e. The molecule has 1 fully saturated rings. The van der Waals surface area contributed by atoms with Crippen LogP contribution < -0.4 is 5.73 Å². The molecule has 0 spiro atoms. The van der Waals surface area contributed by atoms with Crippen LogP contribution in [0.25, 0.3) is 0 Å². The highest BCUT2D eigenvalue weighted by molar-refractivity contribution is 7.91. The summed E-state index contributed by atoms with van der Waals surface area (Å²) >= 11 is 0. The van der Waals surface area contributed by atoms with Crippen LogP contribution in [0.3, 0.4) is 0 Å². The van der Waals surface area contributed by atoms with Gasteiger partial charge < -0.3 is 10.3 Å². The van der Waals surface area contributed by atoms with Gasteiger partial charge in [-0.2, -0.15) is 4.98 Å². The van der Waals surface area contributed by atoms with E-state index in [4.69, 9.17) is 10.3 Å². The highest BCUT2D eigenvalue weighted by Gasteiger charge is 2.32. The average Bonchev–Trinajstić information content (AvgIpc) is 2.84. The Morgan fingerprint density at radius 3 is 2.94 bits per heavy atom. The van der Waals surface area contributed by atoms with E-state index in [0.29, 0.717) is 18.1 Å². The van der Waals surface area contributed by atoms with Gasteiger partial charge in [-0.05, 0) is 12.8 Å². The lowest BCUT2D eigenvalue weighted by Crippen LogP contribution is -2.10. The Morgan fingerprint density at radius 2 is 2.35 bits per heavy atom. The average molecular weight is 259 g/mol. The Labute approximate surface area is 100 Å². The number of nitrogens with two attached hydrogens (primary N) is 1. The lowest BCUT2D eigenvalue weighted by atomic mass is 10.1. The van der Waals surface area contributed by atoms with Crippen molar-refractivity contribution < 1.29 is 12.9 Å². The van der Waals surface area contributed by atoms with Crippen LogP contribution >= 0.6 is 0 Å². The van der Waals surface area contributed by atoms with Gasteiger partial charge in [-0.15, -0.1) is 0 Å². The first-order chi connectivity index (χ1) is 8.02. The second-order valence-electron chi connectivity index (χ2n) is 4.49. The van der Waals surface area contributed by atoms with Gasteiger partial charge in [-0.25, -0.2) is 8.42 Å². The highest BCUT2D eigenvalue weighted by Crippen LogP contribution is 2.27. The zero-order valence-corrected chi connectivity index (χ0v) is 10.6. The minimum atomic E-state index is -2.92. The molecule has 6 nitrogen and oxygen atoms in total. The Hall–Kier alpha value is -0.950. The summed E-state index contributed by atoms with van der Waals surface area (Å²) in [7, 11) is -2.92. The molecule has 96 valence electrons. The Morgan fingerprint density at radius 1 is 1.59 bits per heavy atom. The van der Waals surface area contributed by atoms with Crippen LogP contribution in [0, 0.1) is 0 Å². The molecule has 17 heavy (non-hydrogen) atoms. The maximum atomic E-state index is 11.3. The van der Waals surface area contributed by atoms with E-state index in [1.807, 2.05) is 6.92 Å². The molecule has 1 aliphatic heterocycles. The fourth-order valence-corrected chi connectivity index (χ4v) is 3.74. The highest BCUT2D eigenvalue weighted by atomic mass is 32.2. The molecule has 2 atom stereocenters. The third kappa shape index (κ3) is 2.84. The fraction of sp³-hybridized carbons (Fsp3) is 0.800. The van der Waals surface area contributed by atoms with E-state index < -0.39 is 9.84 Å². The maximum absolute atomic E-state index is 11.3. The summed E-state index contributed by atoms with van der Waals surface area (Å²) in [5.41, 5.74) is 5.86. The fourth-order valence-electron chi connectivity index (χ4n) is 2.00. The summed E-state index contributed by atoms with van der Waals surface area (Å²) in [4.78, 5) is 4.21. The van der Waals surface area contributed by atoms with Crippen molar-refractivity contribution in [3.63, 3.8) is 0 Å². The number of aromatic nitrogens is 2. The van der Waals surface area contributed by atoms with Gasteiger partial charge in [0.1, 0.15) is 0 Å². The van der Waals surface area contributed by atoms with Gasteiger partial charge in [0.15, 0.2) is 15.7 Å². The van der Waals surface area contributed by atoms with Crippen molar-refractivity contribution in [2.45, 2.75) is 38.1 Å².